The molecule has 1 aliphatic carbocycles. The normalized spacial score (nSPS) is 18.8. The van der Waals surface area contributed by atoms with Gasteiger partial charge in [0.15, 0.2) is 11.7 Å². The van der Waals surface area contributed by atoms with E-state index in [1.807, 2.05) is 25.1 Å². The highest BCUT2D eigenvalue weighted by Gasteiger charge is 2.33. The van der Waals surface area contributed by atoms with Crippen LogP contribution in [0.1, 0.15) is 48.2 Å². The van der Waals surface area contributed by atoms with E-state index in [9.17, 15) is 14.0 Å². The van der Waals surface area contributed by atoms with Crippen LogP contribution in [0.25, 0.3) is 0 Å². The van der Waals surface area contributed by atoms with E-state index in [1.165, 1.54) is 35.6 Å². The lowest BCUT2D eigenvalue weighted by Crippen LogP contribution is -2.40. The molecular weight excluding hydrogens is 519 g/mol. The number of thiazole rings is 1. The fourth-order valence-electron chi connectivity index (χ4n) is 5.13. The van der Waals surface area contributed by atoms with Crippen molar-refractivity contribution in [3.8, 4) is 11.5 Å². The van der Waals surface area contributed by atoms with Gasteiger partial charge in [0, 0.05) is 36.1 Å². The third-order valence-electron chi connectivity index (χ3n) is 6.99. The number of halogens is 1. The summed E-state index contributed by atoms with van der Waals surface area (Å²) in [4.78, 5) is 33.7. The van der Waals surface area contributed by atoms with Gasteiger partial charge in [-0.1, -0.05) is 18.2 Å². The van der Waals surface area contributed by atoms with Gasteiger partial charge < -0.3 is 14.8 Å². The first-order chi connectivity index (χ1) is 19.0. The van der Waals surface area contributed by atoms with E-state index in [-0.39, 0.29) is 36.2 Å². The number of para-hydroxylation sites is 1. The van der Waals surface area contributed by atoms with E-state index in [4.69, 9.17) is 9.47 Å². The standard InChI is InChI=1S/C29H33FN4O4S/c1-2-37-24-8-4-3-6-19(24)16-34-15-14-21(17-34)31-28(36)23-7-5-9-25-27(23)33-29(39-25)32-26(35)18-38-22-12-10-20(30)11-13-22/h3-4,6,8,10-13,21,23H,2,5,7,9,14-18H2,1H3,(H,31,36)(H,32,33,35). The summed E-state index contributed by atoms with van der Waals surface area (Å²) in [6, 6.07) is 13.7. The summed E-state index contributed by atoms with van der Waals surface area (Å²) in [6.07, 6.45) is 3.38. The highest BCUT2D eigenvalue weighted by Crippen LogP contribution is 2.37. The average molecular weight is 553 g/mol. The molecule has 0 radical (unpaired) electrons. The molecule has 39 heavy (non-hydrogen) atoms. The van der Waals surface area contributed by atoms with E-state index < -0.39 is 0 Å². The zero-order valence-corrected chi connectivity index (χ0v) is 22.8. The van der Waals surface area contributed by atoms with Crippen LogP contribution in [0.2, 0.25) is 0 Å². The predicted octanol–water partition coefficient (Wildman–Crippen LogP) is 4.51. The van der Waals surface area contributed by atoms with Crippen LogP contribution in [0.5, 0.6) is 11.5 Å². The summed E-state index contributed by atoms with van der Waals surface area (Å²) in [7, 11) is 0. The second kappa shape index (κ2) is 12.6. The minimum absolute atomic E-state index is 0.000311. The number of likely N-dealkylation sites (tertiary alicyclic amines) is 1. The lowest BCUT2D eigenvalue weighted by atomic mass is 9.90. The second-order valence-electron chi connectivity index (χ2n) is 9.83. The molecule has 2 N–H and O–H groups in total. The van der Waals surface area contributed by atoms with Crippen molar-refractivity contribution in [2.75, 3.05) is 31.6 Å². The van der Waals surface area contributed by atoms with Crippen molar-refractivity contribution in [1.29, 1.82) is 0 Å². The summed E-state index contributed by atoms with van der Waals surface area (Å²) >= 11 is 1.41. The van der Waals surface area contributed by atoms with Gasteiger partial charge in [0.05, 0.1) is 18.2 Å². The Morgan fingerprint density at radius 2 is 1.95 bits per heavy atom. The van der Waals surface area contributed by atoms with Crippen LogP contribution < -0.4 is 20.1 Å². The molecule has 2 aromatic carbocycles. The first-order valence-corrected chi connectivity index (χ1v) is 14.2. The second-order valence-corrected chi connectivity index (χ2v) is 10.9. The Kier molecular flexibility index (Phi) is 8.73. The molecule has 10 heteroatoms. The highest BCUT2D eigenvalue weighted by molar-refractivity contribution is 7.15. The molecule has 1 aliphatic heterocycles. The number of benzene rings is 2. The van der Waals surface area contributed by atoms with Gasteiger partial charge in [-0.3, -0.25) is 19.8 Å². The molecule has 1 aromatic heterocycles. The molecule has 2 atom stereocenters. The summed E-state index contributed by atoms with van der Waals surface area (Å²) in [5, 5.41) is 6.50. The summed E-state index contributed by atoms with van der Waals surface area (Å²) in [5.74, 6) is 0.274. The van der Waals surface area contributed by atoms with E-state index in [0.29, 0.717) is 17.5 Å². The van der Waals surface area contributed by atoms with Crippen molar-refractivity contribution in [1.82, 2.24) is 15.2 Å². The Balaban J connectivity index is 1.14. The maximum atomic E-state index is 13.3. The van der Waals surface area contributed by atoms with Crippen LogP contribution in [0.3, 0.4) is 0 Å². The summed E-state index contributed by atoms with van der Waals surface area (Å²) in [6.45, 7) is 4.89. The minimum Gasteiger partial charge on any atom is -0.494 e. The number of fused-ring (bicyclic) bond motifs is 1. The maximum Gasteiger partial charge on any atom is 0.264 e. The highest BCUT2D eigenvalue weighted by atomic mass is 32.1. The van der Waals surface area contributed by atoms with Gasteiger partial charge in [0.25, 0.3) is 5.91 Å². The van der Waals surface area contributed by atoms with Gasteiger partial charge in [-0.2, -0.15) is 0 Å². The van der Waals surface area contributed by atoms with Gasteiger partial charge in [-0.15, -0.1) is 11.3 Å². The van der Waals surface area contributed by atoms with Gasteiger partial charge in [0.2, 0.25) is 5.91 Å². The van der Waals surface area contributed by atoms with Crippen LogP contribution in [-0.2, 0) is 22.6 Å². The first-order valence-electron chi connectivity index (χ1n) is 13.4. The van der Waals surface area contributed by atoms with E-state index in [1.54, 1.807) is 0 Å². The van der Waals surface area contributed by atoms with Crippen molar-refractivity contribution in [2.45, 2.75) is 51.1 Å². The lowest BCUT2D eigenvalue weighted by Gasteiger charge is -2.23. The Labute approximate surface area is 231 Å². The minimum atomic E-state index is -0.368. The fraction of sp³-hybridized carbons (Fsp3) is 0.414. The number of nitrogens with one attached hydrogen (secondary N) is 2. The number of anilines is 1. The zero-order chi connectivity index (χ0) is 27.2. The fourth-order valence-corrected chi connectivity index (χ4v) is 6.21. The molecule has 1 fully saturated rings. The van der Waals surface area contributed by atoms with Crippen molar-refractivity contribution in [3.63, 3.8) is 0 Å². The van der Waals surface area contributed by atoms with Gasteiger partial charge in [-0.25, -0.2) is 9.37 Å². The molecule has 2 amide bonds. The molecule has 2 unspecified atom stereocenters. The third-order valence-corrected chi connectivity index (χ3v) is 8.03. The number of carbonyl (C=O) groups excluding carboxylic acids is 2. The number of ether oxygens (including phenoxy) is 2. The quantitative estimate of drug-likeness (QED) is 0.385. The number of nitrogens with zero attached hydrogens (tertiary/aromatic N) is 2. The molecule has 206 valence electrons. The Hall–Kier alpha value is -3.50. The maximum absolute atomic E-state index is 13.3. The largest absolute Gasteiger partial charge is 0.494 e. The first kappa shape index (κ1) is 27.1. The monoisotopic (exact) mass is 552 g/mol. The van der Waals surface area contributed by atoms with Gasteiger partial charge >= 0.3 is 0 Å². The van der Waals surface area contributed by atoms with Crippen molar-refractivity contribution >= 4 is 28.3 Å². The molecule has 2 aliphatic rings. The molecule has 1 saturated heterocycles. The van der Waals surface area contributed by atoms with Gasteiger partial charge in [-0.05, 0) is 62.9 Å². The number of amides is 2. The lowest BCUT2D eigenvalue weighted by molar-refractivity contribution is -0.123. The molecule has 8 nitrogen and oxygen atoms in total. The van der Waals surface area contributed by atoms with E-state index in [0.717, 1.165) is 67.2 Å². The number of rotatable bonds is 10. The predicted molar refractivity (Wildman–Crippen MR) is 148 cm³/mol. The van der Waals surface area contributed by atoms with Crippen molar-refractivity contribution in [3.05, 3.63) is 70.5 Å². The molecule has 5 rings (SSSR count). The number of aryl methyl sites for hydroxylation is 1. The topological polar surface area (TPSA) is 92.8 Å². The zero-order valence-electron chi connectivity index (χ0n) is 22.0. The van der Waals surface area contributed by atoms with Crippen LogP contribution in [-0.4, -0.2) is 54.0 Å². The van der Waals surface area contributed by atoms with E-state index >= 15 is 0 Å². The van der Waals surface area contributed by atoms with Crippen molar-refractivity contribution in [2.24, 2.45) is 0 Å². The number of hydrogen-bond acceptors (Lipinski definition) is 7. The summed E-state index contributed by atoms with van der Waals surface area (Å²) in [5.41, 5.74) is 1.92. The molecule has 0 bridgehead atoms. The Bertz CT molecular complexity index is 1300. The van der Waals surface area contributed by atoms with Crippen LogP contribution in [0, 0.1) is 5.82 Å². The van der Waals surface area contributed by atoms with Crippen LogP contribution in [0.15, 0.2) is 48.5 Å². The Morgan fingerprint density at radius 1 is 1.13 bits per heavy atom. The number of aromatic nitrogens is 1. The Morgan fingerprint density at radius 3 is 2.77 bits per heavy atom. The smallest absolute Gasteiger partial charge is 0.264 e. The SMILES string of the molecule is CCOc1ccccc1CN1CCC(NC(=O)C2CCCc3sc(NC(=O)COc4ccc(F)cc4)nc32)C1. The average Bonchev–Trinajstić information content (AvgIpc) is 3.55. The summed E-state index contributed by atoms with van der Waals surface area (Å²) < 4.78 is 24.2. The van der Waals surface area contributed by atoms with Crippen LogP contribution >= 0.6 is 11.3 Å². The molecule has 0 spiro atoms. The van der Waals surface area contributed by atoms with Gasteiger partial charge in [0.1, 0.15) is 17.3 Å². The van der Waals surface area contributed by atoms with E-state index in [2.05, 4.69) is 26.6 Å². The van der Waals surface area contributed by atoms with Crippen LogP contribution in [0.4, 0.5) is 9.52 Å². The number of carbonyl (C=O) groups is 2. The van der Waals surface area contributed by atoms with Crippen molar-refractivity contribution < 1.29 is 23.5 Å². The number of hydrogen-bond donors (Lipinski definition) is 2. The molecule has 2 heterocycles. The molecular formula is C29H33FN4O4S. The molecule has 0 saturated carbocycles. The molecule has 3 aromatic rings. The third kappa shape index (κ3) is 6.93.